The van der Waals surface area contributed by atoms with Crippen LogP contribution in [0.5, 0.6) is 0 Å². The molecule has 0 radical (unpaired) electrons. The Kier molecular flexibility index (Phi) is 3.84. The van der Waals surface area contributed by atoms with Crippen LogP contribution in [0.2, 0.25) is 0 Å². The highest BCUT2D eigenvalue weighted by molar-refractivity contribution is 5.95. The maximum atomic E-state index is 11.4. The van der Waals surface area contributed by atoms with Crippen molar-refractivity contribution in [3.8, 4) is 0 Å². The molecule has 0 aliphatic carbocycles. The molecule has 4 N–H and O–H groups in total. The molecule has 1 amide bonds. The van der Waals surface area contributed by atoms with Crippen molar-refractivity contribution in [3.63, 3.8) is 0 Å². The van der Waals surface area contributed by atoms with Crippen LogP contribution in [0.4, 0.5) is 5.69 Å². The number of anilines is 1. The molecule has 1 aromatic carbocycles. The number of amides is 1. The van der Waals surface area contributed by atoms with Crippen molar-refractivity contribution in [1.82, 2.24) is 4.90 Å². The third kappa shape index (κ3) is 2.63. The van der Waals surface area contributed by atoms with Crippen molar-refractivity contribution in [2.45, 2.75) is 6.54 Å². The highest BCUT2D eigenvalue weighted by atomic mass is 16.1. The zero-order chi connectivity index (χ0) is 13.1. The average Bonchev–Trinajstić information content (AvgIpc) is 2.39. The number of hydrogen-bond donors (Lipinski definition) is 2. The molecule has 0 atom stereocenters. The molecule has 18 heavy (non-hydrogen) atoms. The molecule has 1 fully saturated rings. The lowest BCUT2D eigenvalue weighted by molar-refractivity contribution is 0.0999. The number of benzene rings is 1. The van der Waals surface area contributed by atoms with Gasteiger partial charge in [0.1, 0.15) is 0 Å². The number of likely N-dealkylation sites (N-methyl/N-ethyl adjacent to an activating group) is 1. The molecule has 1 aliphatic heterocycles. The lowest BCUT2D eigenvalue weighted by Crippen LogP contribution is -2.44. The summed E-state index contributed by atoms with van der Waals surface area (Å²) in [5.74, 6) is -0.411. The van der Waals surface area contributed by atoms with Crippen LogP contribution in [0.15, 0.2) is 18.2 Å². The Bertz CT molecular complexity index is 439. The molecule has 0 aromatic heterocycles. The van der Waals surface area contributed by atoms with Gasteiger partial charge in [0.05, 0.1) is 0 Å². The van der Waals surface area contributed by atoms with Crippen LogP contribution in [-0.4, -0.2) is 44.0 Å². The first-order chi connectivity index (χ1) is 8.61. The molecule has 0 saturated carbocycles. The molecular weight excluding hydrogens is 228 g/mol. The normalized spacial score (nSPS) is 16.9. The van der Waals surface area contributed by atoms with Gasteiger partial charge in [-0.05, 0) is 24.7 Å². The predicted molar refractivity (Wildman–Crippen MR) is 72.6 cm³/mol. The second-order valence-corrected chi connectivity index (χ2v) is 4.70. The number of nitrogens with zero attached hydrogens (tertiary/aromatic N) is 2. The van der Waals surface area contributed by atoms with Gasteiger partial charge in [-0.1, -0.05) is 6.07 Å². The summed E-state index contributed by atoms with van der Waals surface area (Å²) >= 11 is 0. The molecule has 0 spiro atoms. The number of carbonyl (C=O) groups excluding carboxylic acids is 1. The molecule has 1 aliphatic rings. The highest BCUT2D eigenvalue weighted by Crippen LogP contribution is 2.20. The summed E-state index contributed by atoms with van der Waals surface area (Å²) in [7, 11) is 2.11. The summed E-state index contributed by atoms with van der Waals surface area (Å²) < 4.78 is 0. The van der Waals surface area contributed by atoms with Crippen molar-refractivity contribution in [2.75, 3.05) is 38.1 Å². The Labute approximate surface area is 107 Å². The molecular formula is C13H20N4O. The lowest BCUT2D eigenvalue weighted by atomic mass is 10.1. The standard InChI is InChI=1S/C13H20N4O/c1-16-4-6-17(7-5-16)11-3-2-10(9-14)12(8-11)13(15)18/h2-3,8H,4-7,9,14H2,1H3,(H2,15,18). The number of carbonyl (C=O) groups is 1. The molecule has 0 bridgehead atoms. The zero-order valence-corrected chi connectivity index (χ0v) is 10.7. The van der Waals surface area contributed by atoms with Gasteiger partial charge in [0.25, 0.3) is 0 Å². The maximum Gasteiger partial charge on any atom is 0.249 e. The van der Waals surface area contributed by atoms with Crippen molar-refractivity contribution in [3.05, 3.63) is 29.3 Å². The minimum absolute atomic E-state index is 0.335. The van der Waals surface area contributed by atoms with E-state index in [4.69, 9.17) is 11.5 Å². The van der Waals surface area contributed by atoms with E-state index in [1.165, 1.54) is 0 Å². The summed E-state index contributed by atoms with van der Waals surface area (Å²) in [5, 5.41) is 0. The van der Waals surface area contributed by atoms with Crippen LogP contribution >= 0.6 is 0 Å². The molecule has 5 heteroatoms. The van der Waals surface area contributed by atoms with Crippen LogP contribution in [0, 0.1) is 0 Å². The number of nitrogens with two attached hydrogens (primary N) is 2. The van der Waals surface area contributed by atoms with Gasteiger partial charge in [0.2, 0.25) is 5.91 Å². The topological polar surface area (TPSA) is 75.6 Å². The van der Waals surface area contributed by atoms with E-state index < -0.39 is 5.91 Å². The quantitative estimate of drug-likeness (QED) is 0.789. The minimum atomic E-state index is -0.411. The fourth-order valence-corrected chi connectivity index (χ4v) is 2.23. The Hall–Kier alpha value is -1.59. The van der Waals surface area contributed by atoms with Crippen LogP contribution in [0.1, 0.15) is 15.9 Å². The Morgan fingerprint density at radius 3 is 2.50 bits per heavy atom. The summed E-state index contributed by atoms with van der Waals surface area (Å²) in [5.41, 5.74) is 13.4. The first-order valence-corrected chi connectivity index (χ1v) is 6.18. The number of hydrogen-bond acceptors (Lipinski definition) is 4. The summed E-state index contributed by atoms with van der Waals surface area (Å²) in [6.45, 7) is 4.34. The van der Waals surface area contributed by atoms with E-state index in [0.29, 0.717) is 12.1 Å². The monoisotopic (exact) mass is 248 g/mol. The fraction of sp³-hybridized carbons (Fsp3) is 0.462. The third-order valence-electron chi connectivity index (χ3n) is 3.45. The summed E-state index contributed by atoms with van der Waals surface area (Å²) in [6.07, 6.45) is 0. The van der Waals surface area contributed by atoms with Crippen LogP contribution in [0.3, 0.4) is 0 Å². The highest BCUT2D eigenvalue weighted by Gasteiger charge is 2.16. The fourth-order valence-electron chi connectivity index (χ4n) is 2.23. The predicted octanol–water partition coefficient (Wildman–Crippen LogP) is -0.00400. The Balaban J connectivity index is 2.24. The van der Waals surface area contributed by atoms with E-state index in [1.807, 2.05) is 18.2 Å². The van der Waals surface area contributed by atoms with Crippen LogP contribution < -0.4 is 16.4 Å². The van der Waals surface area contributed by atoms with Gasteiger partial charge in [-0.15, -0.1) is 0 Å². The van der Waals surface area contributed by atoms with E-state index in [2.05, 4.69) is 16.8 Å². The van der Waals surface area contributed by atoms with Gasteiger partial charge in [-0.2, -0.15) is 0 Å². The van der Waals surface area contributed by atoms with Gasteiger partial charge >= 0.3 is 0 Å². The van der Waals surface area contributed by atoms with Crippen molar-refractivity contribution in [1.29, 1.82) is 0 Å². The Morgan fingerprint density at radius 1 is 1.28 bits per heavy atom. The van der Waals surface area contributed by atoms with Crippen molar-refractivity contribution < 1.29 is 4.79 Å². The second kappa shape index (κ2) is 5.37. The second-order valence-electron chi connectivity index (χ2n) is 4.70. The van der Waals surface area contributed by atoms with Crippen molar-refractivity contribution >= 4 is 11.6 Å². The molecule has 98 valence electrons. The third-order valence-corrected chi connectivity index (χ3v) is 3.45. The van der Waals surface area contributed by atoms with Crippen LogP contribution in [0.25, 0.3) is 0 Å². The maximum absolute atomic E-state index is 11.4. The average molecular weight is 248 g/mol. The lowest BCUT2D eigenvalue weighted by Gasteiger charge is -2.34. The van der Waals surface area contributed by atoms with E-state index in [9.17, 15) is 4.79 Å². The first-order valence-electron chi connectivity index (χ1n) is 6.18. The van der Waals surface area contributed by atoms with E-state index in [0.717, 1.165) is 37.4 Å². The molecule has 1 saturated heterocycles. The molecule has 1 aromatic rings. The van der Waals surface area contributed by atoms with E-state index >= 15 is 0 Å². The van der Waals surface area contributed by atoms with Gasteiger partial charge in [0.15, 0.2) is 0 Å². The van der Waals surface area contributed by atoms with Gasteiger partial charge < -0.3 is 21.3 Å². The Morgan fingerprint density at radius 2 is 1.94 bits per heavy atom. The zero-order valence-electron chi connectivity index (χ0n) is 10.7. The molecule has 5 nitrogen and oxygen atoms in total. The summed E-state index contributed by atoms with van der Waals surface area (Å²) in [4.78, 5) is 16.0. The largest absolute Gasteiger partial charge is 0.369 e. The summed E-state index contributed by atoms with van der Waals surface area (Å²) in [6, 6.07) is 5.77. The van der Waals surface area contributed by atoms with E-state index in [1.54, 1.807) is 0 Å². The molecule has 2 rings (SSSR count). The molecule has 1 heterocycles. The number of piperazine rings is 1. The van der Waals surface area contributed by atoms with Gasteiger partial charge in [0, 0.05) is 44.0 Å². The number of primary amides is 1. The van der Waals surface area contributed by atoms with Crippen LogP contribution in [-0.2, 0) is 6.54 Å². The minimum Gasteiger partial charge on any atom is -0.369 e. The van der Waals surface area contributed by atoms with Gasteiger partial charge in [-0.3, -0.25) is 4.79 Å². The SMILES string of the molecule is CN1CCN(c2ccc(CN)c(C(N)=O)c2)CC1. The smallest absolute Gasteiger partial charge is 0.249 e. The molecule has 0 unspecified atom stereocenters. The first kappa shape index (κ1) is 12.9. The van der Waals surface area contributed by atoms with Crippen molar-refractivity contribution in [2.24, 2.45) is 11.5 Å². The van der Waals surface area contributed by atoms with E-state index in [-0.39, 0.29) is 0 Å². The number of rotatable bonds is 3. The van der Waals surface area contributed by atoms with Gasteiger partial charge in [-0.25, -0.2) is 0 Å².